The zero-order valence-electron chi connectivity index (χ0n) is 28.1. The largest absolute Gasteiger partial charge is 0.497 e. The van der Waals surface area contributed by atoms with Gasteiger partial charge >= 0.3 is 0 Å². The van der Waals surface area contributed by atoms with Gasteiger partial charge in [-0.2, -0.15) is 0 Å². The second kappa shape index (κ2) is 17.4. The number of rotatable bonds is 16. The molecule has 46 heavy (non-hydrogen) atoms. The minimum atomic E-state index is -2.83. The highest BCUT2D eigenvalue weighted by atomic mass is 127. The number of hydrogen-bond acceptors (Lipinski definition) is 4. The van der Waals surface area contributed by atoms with E-state index in [0.717, 1.165) is 11.3 Å². The molecule has 0 unspecified atom stereocenters. The van der Waals surface area contributed by atoms with Crippen molar-refractivity contribution in [3.63, 3.8) is 0 Å². The first-order valence-corrected chi connectivity index (χ1v) is 19.2. The third-order valence-corrected chi connectivity index (χ3v) is 14.7. The van der Waals surface area contributed by atoms with Crippen molar-refractivity contribution in [2.75, 3.05) is 13.7 Å². The SMILES string of the molecule is COc1ccc(CO[C@@H](C[C@H](O[Si](c2ccccc2)(c2ccccc2)C(C)(C)C)[C@H](C)COCc2ccccc2)/C(C)=C/I)cc1. The molecule has 0 bridgehead atoms. The van der Waals surface area contributed by atoms with Crippen LogP contribution in [-0.4, -0.2) is 34.2 Å². The van der Waals surface area contributed by atoms with Crippen LogP contribution in [0.5, 0.6) is 5.75 Å². The highest BCUT2D eigenvalue weighted by molar-refractivity contribution is 14.1. The smallest absolute Gasteiger partial charge is 0.261 e. The molecule has 4 aromatic rings. The van der Waals surface area contributed by atoms with Crippen LogP contribution in [0.2, 0.25) is 5.04 Å². The molecule has 0 radical (unpaired) electrons. The summed E-state index contributed by atoms with van der Waals surface area (Å²) in [4.78, 5) is 0. The molecule has 3 atom stereocenters. The van der Waals surface area contributed by atoms with Gasteiger partial charge in [0.25, 0.3) is 8.32 Å². The summed E-state index contributed by atoms with van der Waals surface area (Å²) in [5.74, 6) is 0.950. The van der Waals surface area contributed by atoms with Crippen molar-refractivity contribution in [1.29, 1.82) is 0 Å². The summed E-state index contributed by atoms with van der Waals surface area (Å²) in [5.41, 5.74) is 3.46. The van der Waals surface area contributed by atoms with E-state index in [1.54, 1.807) is 7.11 Å². The average molecular weight is 749 g/mol. The van der Waals surface area contributed by atoms with E-state index in [0.29, 0.717) is 26.2 Å². The van der Waals surface area contributed by atoms with Crippen molar-refractivity contribution < 1.29 is 18.6 Å². The summed E-state index contributed by atoms with van der Waals surface area (Å²) in [5, 5.41) is 2.40. The second-order valence-corrected chi connectivity index (χ2v) is 17.9. The van der Waals surface area contributed by atoms with Crippen LogP contribution in [0.4, 0.5) is 0 Å². The Morgan fingerprint density at radius 2 is 1.28 bits per heavy atom. The molecular formula is C40H49IO4Si. The fraction of sp³-hybridized carbons (Fsp3) is 0.350. The molecule has 0 N–H and O–H groups in total. The van der Waals surface area contributed by atoms with Crippen LogP contribution < -0.4 is 15.1 Å². The van der Waals surface area contributed by atoms with Gasteiger partial charge in [-0.15, -0.1) is 0 Å². The maximum Gasteiger partial charge on any atom is 0.261 e. The molecule has 0 aromatic heterocycles. The lowest BCUT2D eigenvalue weighted by atomic mass is 9.97. The van der Waals surface area contributed by atoms with Gasteiger partial charge in [0.15, 0.2) is 0 Å². The van der Waals surface area contributed by atoms with E-state index in [2.05, 4.69) is 158 Å². The van der Waals surface area contributed by atoms with Crippen LogP contribution in [0, 0.1) is 5.92 Å². The first kappa shape index (κ1) is 36.1. The fourth-order valence-electron chi connectivity index (χ4n) is 5.94. The number of ether oxygens (including phenoxy) is 3. The van der Waals surface area contributed by atoms with Gasteiger partial charge < -0.3 is 18.6 Å². The molecular weight excluding hydrogens is 699 g/mol. The Morgan fingerprint density at radius 1 is 0.761 bits per heavy atom. The molecule has 0 saturated heterocycles. The first-order valence-electron chi connectivity index (χ1n) is 16.1. The number of hydrogen-bond donors (Lipinski definition) is 0. The molecule has 244 valence electrons. The zero-order chi connectivity index (χ0) is 33.0. The standard InChI is InChI=1S/C40H49IO4Si/c1-31(27-41)38(44-30-34-22-24-35(42-6)25-23-34)26-39(32(2)28-43-29-33-16-10-7-11-17-33)45-46(40(3,4)5,36-18-12-8-13-19-36)37-20-14-9-15-21-37/h7-25,27,32,38-39H,26,28-30H2,1-6H3/b31-27+/t32-,38+,39+/m1/s1. The topological polar surface area (TPSA) is 36.9 Å². The third-order valence-electron chi connectivity index (χ3n) is 8.61. The van der Waals surface area contributed by atoms with Crippen LogP contribution in [0.25, 0.3) is 0 Å². The van der Waals surface area contributed by atoms with Gasteiger partial charge in [0.05, 0.1) is 39.1 Å². The maximum absolute atomic E-state index is 7.78. The minimum Gasteiger partial charge on any atom is -0.497 e. The van der Waals surface area contributed by atoms with Crippen molar-refractivity contribution in [2.45, 2.75) is 71.5 Å². The van der Waals surface area contributed by atoms with Crippen molar-refractivity contribution in [3.05, 3.63) is 136 Å². The Hall–Kier alpha value is -2.75. The van der Waals surface area contributed by atoms with Gasteiger partial charge in [-0.3, -0.25) is 0 Å². The average Bonchev–Trinajstić information content (AvgIpc) is 3.08. The lowest BCUT2D eigenvalue weighted by molar-refractivity contribution is -0.00846. The number of halogens is 1. The van der Waals surface area contributed by atoms with Gasteiger partial charge in [-0.05, 0) is 55.3 Å². The monoisotopic (exact) mass is 748 g/mol. The maximum atomic E-state index is 7.78. The van der Waals surface area contributed by atoms with Crippen molar-refractivity contribution in [3.8, 4) is 5.75 Å². The van der Waals surface area contributed by atoms with E-state index in [9.17, 15) is 0 Å². The molecule has 4 nitrogen and oxygen atoms in total. The molecule has 4 rings (SSSR count). The van der Waals surface area contributed by atoms with Gasteiger partial charge in [-0.1, -0.05) is 153 Å². The van der Waals surface area contributed by atoms with E-state index in [4.69, 9.17) is 18.6 Å². The van der Waals surface area contributed by atoms with Crippen LogP contribution in [0.3, 0.4) is 0 Å². The molecule has 6 heteroatoms. The van der Waals surface area contributed by atoms with Crippen LogP contribution in [-0.2, 0) is 27.1 Å². The Bertz CT molecular complexity index is 1430. The van der Waals surface area contributed by atoms with Crippen molar-refractivity contribution in [1.82, 2.24) is 0 Å². The summed E-state index contributed by atoms with van der Waals surface area (Å²) < 4.78 is 28.3. The van der Waals surface area contributed by atoms with Crippen LogP contribution in [0.15, 0.2) is 125 Å². The lowest BCUT2D eigenvalue weighted by Gasteiger charge is -2.46. The molecule has 0 fully saturated rings. The molecule has 0 saturated carbocycles. The van der Waals surface area contributed by atoms with E-state index in [-0.39, 0.29) is 23.2 Å². The van der Waals surface area contributed by atoms with Crippen molar-refractivity contribution in [2.24, 2.45) is 5.92 Å². The van der Waals surface area contributed by atoms with Gasteiger partial charge in [0.2, 0.25) is 0 Å². The summed E-state index contributed by atoms with van der Waals surface area (Å²) in [7, 11) is -1.15. The highest BCUT2D eigenvalue weighted by Gasteiger charge is 2.52. The molecule has 4 aromatic carbocycles. The molecule has 0 amide bonds. The number of benzene rings is 4. The third kappa shape index (κ3) is 9.41. The number of methoxy groups -OCH3 is 1. The molecule has 0 aliphatic carbocycles. The molecule has 0 heterocycles. The van der Waals surface area contributed by atoms with Gasteiger partial charge in [0, 0.05) is 12.3 Å². The van der Waals surface area contributed by atoms with E-state index in [1.807, 2.05) is 18.2 Å². The predicted molar refractivity (Wildman–Crippen MR) is 202 cm³/mol. The summed E-state index contributed by atoms with van der Waals surface area (Å²) in [6, 6.07) is 40.2. The predicted octanol–water partition coefficient (Wildman–Crippen LogP) is 9.11. The van der Waals surface area contributed by atoms with Crippen LogP contribution >= 0.6 is 22.6 Å². The highest BCUT2D eigenvalue weighted by Crippen LogP contribution is 2.39. The summed E-state index contributed by atoms with van der Waals surface area (Å²) >= 11 is 2.33. The quantitative estimate of drug-likeness (QED) is 0.0847. The van der Waals surface area contributed by atoms with Crippen molar-refractivity contribution >= 4 is 41.3 Å². The van der Waals surface area contributed by atoms with E-state index < -0.39 is 8.32 Å². The Kier molecular flexibility index (Phi) is 13.7. The summed E-state index contributed by atoms with van der Waals surface area (Å²) in [6.07, 6.45) is 0.454. The molecule has 0 spiro atoms. The molecule has 0 aliphatic heterocycles. The molecule has 0 aliphatic rings. The second-order valence-electron chi connectivity index (χ2n) is 13.0. The Labute approximate surface area is 291 Å². The van der Waals surface area contributed by atoms with E-state index >= 15 is 0 Å². The zero-order valence-corrected chi connectivity index (χ0v) is 31.3. The minimum absolute atomic E-state index is 0.111. The normalized spacial score (nSPS) is 14.5. The van der Waals surface area contributed by atoms with Gasteiger partial charge in [-0.25, -0.2) is 0 Å². The Morgan fingerprint density at radius 3 is 1.78 bits per heavy atom. The lowest BCUT2D eigenvalue weighted by Crippen LogP contribution is -2.68. The van der Waals surface area contributed by atoms with Gasteiger partial charge in [0.1, 0.15) is 5.75 Å². The summed E-state index contributed by atoms with van der Waals surface area (Å²) in [6.45, 7) is 13.1. The Balaban J connectivity index is 1.70. The fourth-order valence-corrected chi connectivity index (χ4v) is 11.1. The van der Waals surface area contributed by atoms with Crippen LogP contribution in [0.1, 0.15) is 52.2 Å². The van der Waals surface area contributed by atoms with E-state index in [1.165, 1.54) is 21.5 Å². The first-order chi connectivity index (χ1) is 22.2.